The second kappa shape index (κ2) is 3.75. The molecule has 3 N–H and O–H groups in total. The first-order valence-corrected chi connectivity index (χ1v) is 4.75. The number of rotatable bonds is 2. The van der Waals surface area contributed by atoms with Crippen LogP contribution in [0.3, 0.4) is 0 Å². The van der Waals surface area contributed by atoms with E-state index >= 15 is 0 Å². The van der Waals surface area contributed by atoms with E-state index in [-0.39, 0.29) is 0 Å². The lowest BCUT2D eigenvalue weighted by atomic mass is 10.1. The quantitative estimate of drug-likeness (QED) is 0.719. The molecule has 1 fully saturated rings. The number of hydrogen-bond donors (Lipinski definition) is 2. The van der Waals surface area contributed by atoms with Gasteiger partial charge in [-0.3, -0.25) is 9.78 Å². The Balaban J connectivity index is 2.25. The van der Waals surface area contributed by atoms with Gasteiger partial charge in [0.1, 0.15) is 0 Å². The molecule has 14 heavy (non-hydrogen) atoms. The van der Waals surface area contributed by atoms with Crippen molar-refractivity contribution in [2.24, 2.45) is 5.73 Å². The third kappa shape index (κ3) is 1.75. The highest BCUT2D eigenvalue weighted by Crippen LogP contribution is 2.22. The molecular formula is C10H13N3O. The molecule has 0 unspecified atom stereocenters. The third-order valence-electron chi connectivity index (χ3n) is 2.51. The number of hydrogen-bond acceptors (Lipinski definition) is 3. The summed E-state index contributed by atoms with van der Waals surface area (Å²) >= 11 is 0. The largest absolute Gasteiger partial charge is 0.366 e. The van der Waals surface area contributed by atoms with Crippen LogP contribution in [0.15, 0.2) is 18.5 Å². The minimum atomic E-state index is -0.419. The number of nitrogens with one attached hydrogen (secondary N) is 1. The fourth-order valence-electron chi connectivity index (χ4n) is 1.75. The molecule has 0 aliphatic carbocycles. The van der Waals surface area contributed by atoms with E-state index in [0.717, 1.165) is 18.5 Å². The number of carbonyl (C=O) groups is 1. The highest BCUT2D eigenvalue weighted by atomic mass is 16.1. The van der Waals surface area contributed by atoms with Crippen molar-refractivity contribution in [3.05, 3.63) is 29.6 Å². The molecule has 1 aromatic rings. The van der Waals surface area contributed by atoms with E-state index in [9.17, 15) is 4.79 Å². The van der Waals surface area contributed by atoms with Crippen LogP contribution in [0.5, 0.6) is 0 Å². The second-order valence-corrected chi connectivity index (χ2v) is 3.52. The molecule has 4 nitrogen and oxygen atoms in total. The van der Waals surface area contributed by atoms with Crippen molar-refractivity contribution in [1.29, 1.82) is 0 Å². The summed E-state index contributed by atoms with van der Waals surface area (Å²) in [5.74, 6) is -0.419. The van der Waals surface area contributed by atoms with Gasteiger partial charge in [0.2, 0.25) is 5.91 Å². The summed E-state index contributed by atoms with van der Waals surface area (Å²) in [4.78, 5) is 14.9. The van der Waals surface area contributed by atoms with E-state index in [1.54, 1.807) is 6.20 Å². The summed E-state index contributed by atoms with van der Waals surface area (Å²) in [6.07, 6.45) is 5.56. The minimum absolute atomic E-state index is 0.335. The molecule has 1 amide bonds. The Morgan fingerprint density at radius 2 is 2.43 bits per heavy atom. The maximum Gasteiger partial charge on any atom is 0.250 e. The van der Waals surface area contributed by atoms with Crippen LogP contribution in [0.4, 0.5) is 0 Å². The van der Waals surface area contributed by atoms with Crippen LogP contribution < -0.4 is 11.1 Å². The van der Waals surface area contributed by atoms with E-state index in [0.29, 0.717) is 11.6 Å². The zero-order valence-electron chi connectivity index (χ0n) is 7.86. The fraction of sp³-hybridized carbons (Fsp3) is 0.400. The van der Waals surface area contributed by atoms with Gasteiger partial charge >= 0.3 is 0 Å². The molecule has 1 aromatic heterocycles. The van der Waals surface area contributed by atoms with Crippen molar-refractivity contribution in [3.8, 4) is 0 Å². The highest BCUT2D eigenvalue weighted by Gasteiger charge is 2.17. The van der Waals surface area contributed by atoms with Crippen LogP contribution in [0.1, 0.15) is 34.8 Å². The molecule has 0 saturated carbocycles. The molecule has 0 bridgehead atoms. The van der Waals surface area contributed by atoms with E-state index in [4.69, 9.17) is 5.73 Å². The molecule has 4 heteroatoms. The summed E-state index contributed by atoms with van der Waals surface area (Å²) in [7, 11) is 0. The first-order chi connectivity index (χ1) is 6.77. The van der Waals surface area contributed by atoms with Crippen LogP contribution in [-0.2, 0) is 0 Å². The Hall–Kier alpha value is -1.42. The molecule has 0 radical (unpaired) electrons. The number of primary amides is 1. The Morgan fingerprint density at radius 1 is 1.57 bits per heavy atom. The van der Waals surface area contributed by atoms with E-state index < -0.39 is 5.91 Å². The lowest BCUT2D eigenvalue weighted by Crippen LogP contribution is -2.16. The lowest BCUT2D eigenvalue weighted by molar-refractivity contribution is 0.1000. The van der Waals surface area contributed by atoms with Gasteiger partial charge in [-0.1, -0.05) is 0 Å². The maximum atomic E-state index is 10.9. The lowest BCUT2D eigenvalue weighted by Gasteiger charge is -2.10. The van der Waals surface area contributed by atoms with Crippen molar-refractivity contribution in [1.82, 2.24) is 10.3 Å². The number of nitrogens with zero attached hydrogens (tertiary/aromatic N) is 1. The van der Waals surface area contributed by atoms with Crippen molar-refractivity contribution in [2.75, 3.05) is 6.54 Å². The van der Waals surface area contributed by atoms with Gasteiger partial charge in [0.25, 0.3) is 0 Å². The predicted octanol–water partition coefficient (Wildman–Crippen LogP) is 0.605. The number of amides is 1. The molecule has 0 spiro atoms. The van der Waals surface area contributed by atoms with Gasteiger partial charge in [0.15, 0.2) is 0 Å². The first-order valence-electron chi connectivity index (χ1n) is 4.75. The zero-order valence-corrected chi connectivity index (χ0v) is 7.86. The van der Waals surface area contributed by atoms with Crippen LogP contribution in [0.25, 0.3) is 0 Å². The Morgan fingerprint density at radius 3 is 3.07 bits per heavy atom. The van der Waals surface area contributed by atoms with Crippen LogP contribution in [0.2, 0.25) is 0 Å². The van der Waals surface area contributed by atoms with Gasteiger partial charge in [-0.15, -0.1) is 0 Å². The SMILES string of the molecule is NC(=O)c1cncc([C@H]2CCCN2)c1. The van der Waals surface area contributed by atoms with Crippen LogP contribution >= 0.6 is 0 Å². The van der Waals surface area contributed by atoms with Crippen molar-refractivity contribution in [3.63, 3.8) is 0 Å². The van der Waals surface area contributed by atoms with Crippen molar-refractivity contribution in [2.45, 2.75) is 18.9 Å². The Labute approximate surface area is 82.5 Å². The van der Waals surface area contributed by atoms with Crippen LogP contribution in [-0.4, -0.2) is 17.4 Å². The highest BCUT2D eigenvalue weighted by molar-refractivity contribution is 5.92. The predicted molar refractivity (Wildman–Crippen MR) is 52.7 cm³/mol. The van der Waals surface area contributed by atoms with E-state index in [1.807, 2.05) is 6.07 Å². The molecule has 1 aliphatic heterocycles. The summed E-state index contributed by atoms with van der Waals surface area (Å²) in [6, 6.07) is 2.15. The topological polar surface area (TPSA) is 68.0 Å². The van der Waals surface area contributed by atoms with Gasteiger partial charge in [-0.2, -0.15) is 0 Å². The summed E-state index contributed by atoms with van der Waals surface area (Å²) in [5, 5.41) is 3.35. The molecule has 0 aromatic carbocycles. The van der Waals surface area contributed by atoms with E-state index in [2.05, 4.69) is 10.3 Å². The van der Waals surface area contributed by atoms with E-state index in [1.165, 1.54) is 12.6 Å². The number of carbonyl (C=O) groups excluding carboxylic acids is 1. The van der Waals surface area contributed by atoms with Crippen molar-refractivity contribution < 1.29 is 4.79 Å². The second-order valence-electron chi connectivity index (χ2n) is 3.52. The standard InChI is InChI=1S/C10H13N3O/c11-10(14)8-4-7(5-12-6-8)9-2-1-3-13-9/h4-6,9,13H,1-3H2,(H2,11,14)/t9-/m1/s1. The molecule has 2 heterocycles. The monoisotopic (exact) mass is 191 g/mol. The number of nitrogens with two attached hydrogens (primary N) is 1. The molecule has 1 saturated heterocycles. The van der Waals surface area contributed by atoms with Crippen LogP contribution in [0, 0.1) is 0 Å². The summed E-state index contributed by atoms with van der Waals surface area (Å²) < 4.78 is 0. The summed E-state index contributed by atoms with van der Waals surface area (Å²) in [5.41, 5.74) is 6.72. The summed E-state index contributed by atoms with van der Waals surface area (Å²) in [6.45, 7) is 1.03. The maximum absolute atomic E-state index is 10.9. The van der Waals surface area contributed by atoms with Crippen molar-refractivity contribution >= 4 is 5.91 Å². The molecular weight excluding hydrogens is 178 g/mol. The average Bonchev–Trinajstić information content (AvgIpc) is 2.71. The third-order valence-corrected chi connectivity index (χ3v) is 2.51. The smallest absolute Gasteiger partial charge is 0.250 e. The Bertz CT molecular complexity index is 345. The van der Waals surface area contributed by atoms with Gasteiger partial charge in [0, 0.05) is 18.4 Å². The van der Waals surface area contributed by atoms with Gasteiger partial charge < -0.3 is 11.1 Å². The van der Waals surface area contributed by atoms with Gasteiger partial charge in [0.05, 0.1) is 5.56 Å². The number of aromatic nitrogens is 1. The normalized spacial score (nSPS) is 21.0. The van der Waals surface area contributed by atoms with Gasteiger partial charge in [-0.25, -0.2) is 0 Å². The fourth-order valence-corrected chi connectivity index (χ4v) is 1.75. The Kier molecular flexibility index (Phi) is 2.45. The minimum Gasteiger partial charge on any atom is -0.366 e. The molecule has 1 atom stereocenters. The molecule has 74 valence electrons. The molecule has 2 rings (SSSR count). The average molecular weight is 191 g/mol. The molecule has 1 aliphatic rings. The van der Waals surface area contributed by atoms with Gasteiger partial charge in [-0.05, 0) is 31.0 Å². The first kappa shape index (κ1) is 9.15. The zero-order chi connectivity index (χ0) is 9.97. The number of pyridine rings is 1.